The van der Waals surface area contributed by atoms with Crippen molar-refractivity contribution in [1.29, 1.82) is 0 Å². The van der Waals surface area contributed by atoms with Crippen LogP contribution in [0.2, 0.25) is 0 Å². The van der Waals surface area contributed by atoms with Gasteiger partial charge >= 0.3 is 0 Å². The van der Waals surface area contributed by atoms with Crippen molar-refractivity contribution in [1.82, 2.24) is 40.1 Å². The maximum Gasteiger partial charge on any atom is 0.282 e. The van der Waals surface area contributed by atoms with Crippen LogP contribution in [0.3, 0.4) is 0 Å². The lowest BCUT2D eigenvalue weighted by molar-refractivity contribution is -0.132. The van der Waals surface area contributed by atoms with E-state index in [-0.39, 0.29) is 17.1 Å². The quantitative estimate of drug-likeness (QED) is 0.325. The molecule has 5 fully saturated rings. The summed E-state index contributed by atoms with van der Waals surface area (Å²) in [4.78, 5) is 26.0. The molecule has 2 aromatic heterocycles. The Labute approximate surface area is 281 Å². The molecule has 0 N–H and O–H groups in total. The summed E-state index contributed by atoms with van der Waals surface area (Å²) in [6, 6.07) is 7.72. The Morgan fingerprint density at radius 3 is 2.52 bits per heavy atom. The van der Waals surface area contributed by atoms with Gasteiger partial charge in [0.2, 0.25) is 5.91 Å². The van der Waals surface area contributed by atoms with Crippen LogP contribution in [0.15, 0.2) is 36.8 Å². The highest BCUT2D eigenvalue weighted by atomic mass is 19.1. The van der Waals surface area contributed by atoms with Gasteiger partial charge in [-0.3, -0.25) is 14.6 Å². The lowest BCUT2D eigenvalue weighted by atomic mass is 9.68. The smallest absolute Gasteiger partial charge is 0.282 e. The number of ether oxygens (including phenoxy) is 1. The molecule has 5 aliphatic rings. The second-order valence-corrected chi connectivity index (χ2v) is 15.2. The van der Waals surface area contributed by atoms with Gasteiger partial charge in [-0.25, -0.2) is 9.37 Å². The standard InChI is InChI=1S/C36H46FN9O2/c1-23(2)33(26-16-28(17-26)44-14-12-43(13-15-44)24(3)47)46-20-36(21-46)9-11-45(19-36)34-35(42-40-22-38-34)48-31-7-6-27(37)18-30(31)32-29(25-4-5-25)8-10-39-41-32/h6-8,10,18,22-23,25-26,28,33H,4-5,9,11-17,19-21H2,1-3H3/t26?,28?,33-/m0/s1. The minimum atomic E-state index is -0.358. The Morgan fingerprint density at radius 2 is 1.79 bits per heavy atom. The van der Waals surface area contributed by atoms with Crippen LogP contribution in [0.5, 0.6) is 11.6 Å². The summed E-state index contributed by atoms with van der Waals surface area (Å²) in [5.74, 6) is 3.03. The Bertz CT molecular complexity index is 1650. The molecule has 3 aromatic rings. The summed E-state index contributed by atoms with van der Waals surface area (Å²) in [7, 11) is 0. The maximum atomic E-state index is 14.6. The fourth-order valence-electron chi connectivity index (χ4n) is 8.97. The second kappa shape index (κ2) is 12.6. The normalized spacial score (nSPS) is 24.9. The number of amides is 1. The first kappa shape index (κ1) is 31.5. The van der Waals surface area contributed by atoms with E-state index in [0.717, 1.165) is 83.1 Å². The molecule has 0 unspecified atom stereocenters. The summed E-state index contributed by atoms with van der Waals surface area (Å²) in [5.41, 5.74) is 2.50. The van der Waals surface area contributed by atoms with E-state index in [0.29, 0.717) is 52.6 Å². The number of benzene rings is 1. The third-order valence-electron chi connectivity index (χ3n) is 11.6. The fraction of sp³-hybridized carbons (Fsp3) is 0.611. The van der Waals surface area contributed by atoms with Gasteiger partial charge in [-0.05, 0) is 79.7 Å². The Kier molecular flexibility index (Phi) is 8.27. The van der Waals surface area contributed by atoms with Gasteiger partial charge in [0.1, 0.15) is 23.6 Å². The van der Waals surface area contributed by atoms with E-state index in [4.69, 9.17) is 4.74 Å². The number of aromatic nitrogens is 5. The summed E-state index contributed by atoms with van der Waals surface area (Å²) in [5, 5.41) is 16.9. The van der Waals surface area contributed by atoms with E-state index >= 15 is 0 Å². The number of hydrogen-bond acceptors (Lipinski definition) is 10. The van der Waals surface area contributed by atoms with Crippen LogP contribution < -0.4 is 9.64 Å². The van der Waals surface area contributed by atoms with Crippen molar-refractivity contribution in [3.63, 3.8) is 0 Å². The first-order chi connectivity index (χ1) is 23.3. The Hall–Kier alpha value is -3.77. The van der Waals surface area contributed by atoms with Crippen molar-refractivity contribution >= 4 is 11.7 Å². The molecule has 12 heteroatoms. The third kappa shape index (κ3) is 6.02. The zero-order chi connectivity index (χ0) is 33.0. The predicted octanol–water partition coefficient (Wildman–Crippen LogP) is 4.62. The van der Waals surface area contributed by atoms with Gasteiger partial charge in [-0.1, -0.05) is 13.8 Å². The van der Waals surface area contributed by atoms with Crippen molar-refractivity contribution in [3.05, 3.63) is 48.2 Å². The van der Waals surface area contributed by atoms with Gasteiger partial charge in [0, 0.05) is 88.5 Å². The van der Waals surface area contributed by atoms with Crippen LogP contribution in [0.1, 0.15) is 64.4 Å². The predicted molar refractivity (Wildman–Crippen MR) is 179 cm³/mol. The molecule has 0 bridgehead atoms. The fourth-order valence-corrected chi connectivity index (χ4v) is 8.97. The summed E-state index contributed by atoms with van der Waals surface area (Å²) in [6.07, 6.45) is 8.97. The topological polar surface area (TPSA) is 104 Å². The minimum Gasteiger partial charge on any atom is -0.434 e. The van der Waals surface area contributed by atoms with Gasteiger partial charge in [-0.15, -0.1) is 10.2 Å². The maximum absolute atomic E-state index is 14.6. The van der Waals surface area contributed by atoms with E-state index in [1.165, 1.54) is 31.3 Å². The first-order valence-electron chi connectivity index (χ1n) is 17.7. The number of rotatable bonds is 9. The highest BCUT2D eigenvalue weighted by Gasteiger charge is 2.53. The SMILES string of the molecule is CC(=O)N1CCN(C2CC([C@H](C(C)C)N3CC4(CCN(c5ncnnc5Oc5ccc(F)cc5-c5nnccc5C5CC5)C4)C3)C2)CC1. The van der Waals surface area contributed by atoms with Gasteiger partial charge < -0.3 is 14.5 Å². The minimum absolute atomic E-state index is 0.195. The van der Waals surface area contributed by atoms with Crippen LogP contribution in [0, 0.1) is 23.1 Å². The van der Waals surface area contributed by atoms with E-state index in [2.05, 4.69) is 53.9 Å². The summed E-state index contributed by atoms with van der Waals surface area (Å²) < 4.78 is 21.0. The molecule has 0 radical (unpaired) electrons. The molecule has 1 spiro atoms. The molecule has 3 saturated heterocycles. The molecule has 3 aliphatic heterocycles. The van der Waals surface area contributed by atoms with Crippen molar-refractivity contribution in [2.45, 2.75) is 70.9 Å². The van der Waals surface area contributed by atoms with Crippen LogP contribution in [0.4, 0.5) is 10.2 Å². The molecule has 48 heavy (non-hydrogen) atoms. The Balaban J connectivity index is 0.922. The van der Waals surface area contributed by atoms with Crippen LogP contribution in [-0.4, -0.2) is 110 Å². The zero-order valence-electron chi connectivity index (χ0n) is 28.3. The summed E-state index contributed by atoms with van der Waals surface area (Å²) >= 11 is 0. The third-order valence-corrected chi connectivity index (χ3v) is 11.6. The van der Waals surface area contributed by atoms with E-state index in [1.807, 2.05) is 11.0 Å². The van der Waals surface area contributed by atoms with Crippen LogP contribution in [-0.2, 0) is 4.79 Å². The van der Waals surface area contributed by atoms with Gasteiger partial charge in [0.05, 0.1) is 0 Å². The lowest BCUT2D eigenvalue weighted by Gasteiger charge is -2.58. The van der Waals surface area contributed by atoms with Gasteiger partial charge in [0.15, 0.2) is 5.82 Å². The van der Waals surface area contributed by atoms with Gasteiger partial charge in [0.25, 0.3) is 5.88 Å². The molecule has 8 rings (SSSR count). The number of hydrogen-bond donors (Lipinski definition) is 0. The average molecular weight is 656 g/mol. The van der Waals surface area contributed by atoms with Crippen molar-refractivity contribution in [2.24, 2.45) is 17.3 Å². The number of carbonyl (C=O) groups is 1. The number of carbonyl (C=O) groups excluding carboxylic acids is 1. The molecule has 1 aromatic carbocycles. The van der Waals surface area contributed by atoms with E-state index in [9.17, 15) is 9.18 Å². The molecule has 5 heterocycles. The van der Waals surface area contributed by atoms with Crippen LogP contribution in [0.25, 0.3) is 11.3 Å². The average Bonchev–Trinajstić information content (AvgIpc) is 3.81. The number of likely N-dealkylation sites (tertiary alicyclic amines) is 1. The molecular formula is C36H46FN9O2. The number of nitrogens with zero attached hydrogens (tertiary/aromatic N) is 9. The highest BCUT2D eigenvalue weighted by molar-refractivity contribution is 5.73. The van der Waals surface area contributed by atoms with Crippen molar-refractivity contribution in [3.8, 4) is 22.9 Å². The largest absolute Gasteiger partial charge is 0.434 e. The van der Waals surface area contributed by atoms with E-state index in [1.54, 1.807) is 19.2 Å². The molecule has 2 aliphatic carbocycles. The molecule has 1 atom stereocenters. The van der Waals surface area contributed by atoms with Crippen LogP contribution >= 0.6 is 0 Å². The van der Waals surface area contributed by atoms with Crippen molar-refractivity contribution in [2.75, 3.05) is 57.3 Å². The first-order valence-corrected chi connectivity index (χ1v) is 17.7. The lowest BCUT2D eigenvalue weighted by Crippen LogP contribution is -2.66. The number of piperazine rings is 1. The molecule has 2 saturated carbocycles. The van der Waals surface area contributed by atoms with Gasteiger partial charge in [-0.2, -0.15) is 10.2 Å². The van der Waals surface area contributed by atoms with E-state index < -0.39 is 0 Å². The molecule has 254 valence electrons. The molecule has 1 amide bonds. The molecule has 11 nitrogen and oxygen atoms in total. The monoisotopic (exact) mass is 655 g/mol. The van der Waals surface area contributed by atoms with Crippen molar-refractivity contribution < 1.29 is 13.9 Å². The number of halogens is 1. The summed E-state index contributed by atoms with van der Waals surface area (Å²) in [6.45, 7) is 14.1. The Morgan fingerprint density at radius 1 is 1.00 bits per heavy atom. The zero-order valence-corrected chi connectivity index (χ0v) is 28.3. The highest BCUT2D eigenvalue weighted by Crippen LogP contribution is 2.49. The second-order valence-electron chi connectivity index (χ2n) is 15.2. The molecular weight excluding hydrogens is 609 g/mol. The number of anilines is 1.